The summed E-state index contributed by atoms with van der Waals surface area (Å²) in [4.78, 5) is 1.12. The molecular weight excluding hydrogens is 354 g/mol. The topological polar surface area (TPSA) is 55.7 Å². The van der Waals surface area contributed by atoms with E-state index >= 15 is 0 Å². The van der Waals surface area contributed by atoms with E-state index in [-0.39, 0.29) is 4.90 Å². The molecule has 0 N–H and O–H groups in total. The van der Waals surface area contributed by atoms with Crippen LogP contribution in [0.25, 0.3) is 0 Å². The number of benzene rings is 2. The Morgan fingerprint density at radius 2 is 1.91 bits per heavy atom. The van der Waals surface area contributed by atoms with E-state index in [2.05, 4.69) is 5.16 Å². The maximum atomic E-state index is 12.2. The average molecular weight is 368 g/mol. The van der Waals surface area contributed by atoms with Gasteiger partial charge >= 0.3 is 10.1 Å². The Labute approximate surface area is 144 Å². The Balaban J connectivity index is 1.89. The van der Waals surface area contributed by atoms with Gasteiger partial charge in [0, 0.05) is 27.7 Å². The zero-order chi connectivity index (χ0) is 16.4. The van der Waals surface area contributed by atoms with Gasteiger partial charge in [0.2, 0.25) is 0 Å². The minimum absolute atomic E-state index is 0.0286. The lowest BCUT2D eigenvalue weighted by molar-refractivity contribution is 0.338. The van der Waals surface area contributed by atoms with Crippen LogP contribution in [0.2, 0.25) is 5.02 Å². The number of hydrogen-bond donors (Lipinski definition) is 0. The van der Waals surface area contributed by atoms with E-state index in [1.54, 1.807) is 11.8 Å². The molecule has 0 spiro atoms. The highest BCUT2D eigenvalue weighted by molar-refractivity contribution is 7.99. The van der Waals surface area contributed by atoms with Crippen LogP contribution in [0.15, 0.2) is 57.4 Å². The molecule has 0 unspecified atom stereocenters. The van der Waals surface area contributed by atoms with E-state index in [0.29, 0.717) is 17.2 Å². The van der Waals surface area contributed by atoms with Crippen molar-refractivity contribution in [2.45, 2.75) is 23.1 Å². The fraction of sp³-hybridized carbons (Fsp3) is 0.188. The van der Waals surface area contributed by atoms with E-state index in [1.807, 2.05) is 25.1 Å². The first kappa shape index (κ1) is 16.4. The molecule has 3 rings (SSSR count). The van der Waals surface area contributed by atoms with E-state index in [4.69, 9.17) is 15.9 Å². The molecule has 1 aliphatic heterocycles. The zero-order valence-electron chi connectivity index (χ0n) is 12.3. The predicted molar refractivity (Wildman–Crippen MR) is 92.8 cm³/mol. The molecule has 0 amide bonds. The van der Waals surface area contributed by atoms with Crippen molar-refractivity contribution in [2.24, 2.45) is 5.16 Å². The molecule has 2 aromatic rings. The summed E-state index contributed by atoms with van der Waals surface area (Å²) in [7, 11) is -3.94. The van der Waals surface area contributed by atoms with Gasteiger partial charge in [0.15, 0.2) is 0 Å². The molecule has 0 radical (unpaired) electrons. The van der Waals surface area contributed by atoms with Crippen molar-refractivity contribution in [3.05, 3.63) is 58.6 Å². The second kappa shape index (κ2) is 6.55. The summed E-state index contributed by atoms with van der Waals surface area (Å²) in [5.41, 5.74) is 2.69. The average Bonchev–Trinajstić information content (AvgIpc) is 2.53. The molecule has 1 heterocycles. The van der Waals surface area contributed by atoms with E-state index in [9.17, 15) is 8.42 Å². The van der Waals surface area contributed by atoms with E-state index in [0.717, 1.165) is 21.8 Å². The van der Waals surface area contributed by atoms with E-state index < -0.39 is 10.1 Å². The summed E-state index contributed by atoms with van der Waals surface area (Å²) in [5.74, 6) is 0.846. The lowest BCUT2D eigenvalue weighted by atomic mass is 10.1. The minimum atomic E-state index is -3.94. The second-order valence-electron chi connectivity index (χ2n) is 5.12. The lowest BCUT2D eigenvalue weighted by Gasteiger charge is -2.17. The van der Waals surface area contributed by atoms with Crippen molar-refractivity contribution in [3.63, 3.8) is 0 Å². The number of oxime groups is 1. The largest absolute Gasteiger partial charge is 0.358 e. The van der Waals surface area contributed by atoms with Gasteiger partial charge in [0.25, 0.3) is 0 Å². The first-order chi connectivity index (χ1) is 11.0. The van der Waals surface area contributed by atoms with E-state index in [1.165, 1.54) is 24.3 Å². The number of halogens is 1. The maximum Gasteiger partial charge on any atom is 0.358 e. The van der Waals surface area contributed by atoms with Gasteiger partial charge in [-0.25, -0.2) is 0 Å². The first-order valence-corrected chi connectivity index (χ1v) is 9.73. The van der Waals surface area contributed by atoms with Gasteiger partial charge in [0.1, 0.15) is 4.90 Å². The molecule has 0 saturated carbocycles. The van der Waals surface area contributed by atoms with Crippen molar-refractivity contribution in [1.29, 1.82) is 0 Å². The van der Waals surface area contributed by atoms with Crippen molar-refractivity contribution < 1.29 is 12.7 Å². The highest BCUT2D eigenvalue weighted by Crippen LogP contribution is 2.31. The molecule has 0 aliphatic carbocycles. The van der Waals surface area contributed by atoms with Gasteiger partial charge in [-0.3, -0.25) is 4.28 Å². The number of hydrogen-bond acceptors (Lipinski definition) is 5. The van der Waals surface area contributed by atoms with Gasteiger partial charge < -0.3 is 0 Å². The van der Waals surface area contributed by atoms with Crippen molar-refractivity contribution in [1.82, 2.24) is 0 Å². The summed E-state index contributed by atoms with van der Waals surface area (Å²) >= 11 is 7.50. The Kier molecular flexibility index (Phi) is 4.66. The zero-order valence-corrected chi connectivity index (χ0v) is 14.7. The number of nitrogens with zero attached hydrogens (tertiary/aromatic N) is 1. The van der Waals surface area contributed by atoms with Crippen LogP contribution in [0.3, 0.4) is 0 Å². The Morgan fingerprint density at radius 1 is 1.17 bits per heavy atom. The molecule has 1 aliphatic rings. The van der Waals surface area contributed by atoms with Crippen molar-refractivity contribution in [2.75, 3.05) is 5.75 Å². The molecule has 23 heavy (non-hydrogen) atoms. The van der Waals surface area contributed by atoms with Crippen molar-refractivity contribution in [3.8, 4) is 0 Å². The van der Waals surface area contributed by atoms with Gasteiger partial charge in [-0.2, -0.15) is 8.42 Å². The van der Waals surface area contributed by atoms with Crippen LogP contribution in [0.1, 0.15) is 17.5 Å². The number of aryl methyl sites for hydroxylation is 1. The van der Waals surface area contributed by atoms with Crippen molar-refractivity contribution >= 4 is 39.2 Å². The predicted octanol–water partition coefficient (Wildman–Crippen LogP) is 4.25. The van der Waals surface area contributed by atoms with Crippen LogP contribution in [0, 0.1) is 6.92 Å². The third kappa shape index (κ3) is 3.71. The third-order valence-electron chi connectivity index (χ3n) is 3.39. The Hall–Kier alpha value is -1.50. The molecule has 0 bridgehead atoms. The number of rotatable bonds is 3. The molecular formula is C16H14ClNO3S2. The molecule has 0 fully saturated rings. The minimum Gasteiger partial charge on any atom is -0.264 e. The molecule has 0 atom stereocenters. The Bertz CT molecular complexity index is 861. The SMILES string of the molecule is Cc1ccc2c(c1)/C(=N\OS(=O)(=O)c1ccc(Cl)cc1)CCS2. The normalized spacial score (nSPS) is 16.2. The van der Waals surface area contributed by atoms with Gasteiger partial charge in [-0.15, -0.1) is 11.8 Å². The molecule has 7 heteroatoms. The lowest BCUT2D eigenvalue weighted by Crippen LogP contribution is -2.12. The van der Waals surface area contributed by atoms with Crippen LogP contribution in [0.4, 0.5) is 0 Å². The highest BCUT2D eigenvalue weighted by atomic mass is 35.5. The van der Waals surface area contributed by atoms with Crippen LogP contribution in [0.5, 0.6) is 0 Å². The fourth-order valence-corrected chi connectivity index (χ4v) is 4.10. The summed E-state index contributed by atoms with van der Waals surface area (Å²) in [6, 6.07) is 11.8. The molecule has 120 valence electrons. The quantitative estimate of drug-likeness (QED) is 0.761. The maximum absolute atomic E-state index is 12.2. The molecule has 0 saturated heterocycles. The van der Waals surface area contributed by atoms with Gasteiger partial charge in [-0.1, -0.05) is 28.4 Å². The summed E-state index contributed by atoms with van der Waals surface area (Å²) < 4.78 is 29.3. The van der Waals surface area contributed by atoms with Crippen LogP contribution in [-0.2, 0) is 14.4 Å². The molecule has 4 nitrogen and oxygen atoms in total. The molecule has 0 aromatic heterocycles. The highest BCUT2D eigenvalue weighted by Gasteiger charge is 2.20. The molecule has 2 aromatic carbocycles. The second-order valence-corrected chi connectivity index (χ2v) is 8.22. The number of thioether (sulfide) groups is 1. The van der Waals surface area contributed by atoms with Gasteiger partial charge in [0.05, 0.1) is 5.71 Å². The third-order valence-corrected chi connectivity index (χ3v) is 5.84. The van der Waals surface area contributed by atoms with Crippen LogP contribution >= 0.6 is 23.4 Å². The first-order valence-electron chi connectivity index (χ1n) is 6.96. The van der Waals surface area contributed by atoms with Crippen LogP contribution in [-0.4, -0.2) is 19.9 Å². The Morgan fingerprint density at radius 3 is 2.65 bits per heavy atom. The number of fused-ring (bicyclic) bond motifs is 1. The van der Waals surface area contributed by atoms with Gasteiger partial charge in [-0.05, 0) is 43.3 Å². The van der Waals surface area contributed by atoms with Crippen LogP contribution < -0.4 is 0 Å². The standard InChI is InChI=1S/C16H14ClNO3S2/c1-11-2-7-16-14(10-11)15(8-9-22-16)18-21-23(19,20)13-5-3-12(17)4-6-13/h2-7,10H,8-9H2,1H3/b18-15-. The summed E-state index contributed by atoms with van der Waals surface area (Å²) in [6.07, 6.45) is 0.664. The fourth-order valence-electron chi connectivity index (χ4n) is 2.22. The summed E-state index contributed by atoms with van der Waals surface area (Å²) in [6.45, 7) is 1.99. The smallest absolute Gasteiger partial charge is 0.264 e. The monoisotopic (exact) mass is 367 g/mol. The summed E-state index contributed by atoms with van der Waals surface area (Å²) in [5, 5.41) is 4.38.